The van der Waals surface area contributed by atoms with Crippen molar-refractivity contribution in [3.63, 3.8) is 0 Å². The fourth-order valence-corrected chi connectivity index (χ4v) is 2.18. The highest BCUT2D eigenvalue weighted by molar-refractivity contribution is 6.45. The average Bonchev–Trinajstić information content (AvgIpc) is 2.64. The minimum atomic E-state index is -0.348. The van der Waals surface area contributed by atoms with Gasteiger partial charge in [0.1, 0.15) is 13.7 Å². The lowest BCUT2D eigenvalue weighted by Gasteiger charge is -2.09. The molecule has 0 heterocycles. The van der Waals surface area contributed by atoms with Crippen LogP contribution in [0.25, 0.3) is 0 Å². The van der Waals surface area contributed by atoms with Crippen LogP contribution in [0.2, 0.25) is 5.02 Å². The average molecular weight is 360 g/mol. The summed E-state index contributed by atoms with van der Waals surface area (Å²) >= 11 is 5.83. The first-order valence-electron chi connectivity index (χ1n) is 7.48. The third-order valence-electron chi connectivity index (χ3n) is 3.26. The van der Waals surface area contributed by atoms with Crippen molar-refractivity contribution in [2.75, 3.05) is 14.2 Å². The molecule has 2 aromatic carbocycles. The summed E-state index contributed by atoms with van der Waals surface area (Å²) < 4.78 is 0. The fraction of sp³-hybridized carbons (Fsp3) is 0.167. The Kier molecular flexibility index (Phi) is 6.98. The quantitative estimate of drug-likeness (QED) is 0.610. The zero-order valence-electron chi connectivity index (χ0n) is 13.9. The van der Waals surface area contributed by atoms with Gasteiger partial charge in [0.2, 0.25) is 0 Å². The Morgan fingerprint density at radius 2 is 1.92 bits per heavy atom. The third kappa shape index (κ3) is 5.32. The van der Waals surface area contributed by atoms with Gasteiger partial charge in [-0.05, 0) is 17.7 Å². The van der Waals surface area contributed by atoms with E-state index in [1.165, 1.54) is 14.2 Å². The van der Waals surface area contributed by atoms with E-state index in [9.17, 15) is 4.79 Å². The molecule has 0 radical (unpaired) electrons. The van der Waals surface area contributed by atoms with Crippen LogP contribution in [0, 0.1) is 0 Å². The van der Waals surface area contributed by atoms with Gasteiger partial charge in [-0.3, -0.25) is 4.79 Å². The number of likely N-dealkylation sites (N-methyl/N-ethyl adjacent to an activating group) is 1. The molecule has 6 nitrogen and oxygen atoms in total. The van der Waals surface area contributed by atoms with Gasteiger partial charge in [0.25, 0.3) is 5.91 Å². The van der Waals surface area contributed by atoms with Crippen LogP contribution in [-0.4, -0.2) is 32.0 Å². The maximum Gasteiger partial charge on any atom is 0.273 e. The van der Waals surface area contributed by atoms with Gasteiger partial charge in [-0.15, -0.1) is 0 Å². The number of carbonyl (C=O) groups excluding carboxylic acids is 1. The molecule has 0 unspecified atom stereocenters. The van der Waals surface area contributed by atoms with Gasteiger partial charge in [-0.2, -0.15) is 0 Å². The molecule has 0 saturated carbocycles. The van der Waals surface area contributed by atoms with Crippen LogP contribution in [0.15, 0.2) is 58.8 Å². The van der Waals surface area contributed by atoms with Gasteiger partial charge in [-0.1, -0.05) is 58.3 Å². The number of halogens is 1. The van der Waals surface area contributed by atoms with Gasteiger partial charge < -0.3 is 15.0 Å². The molecule has 1 amide bonds. The van der Waals surface area contributed by atoms with Crippen LogP contribution in [0.1, 0.15) is 16.7 Å². The molecule has 7 heteroatoms. The molecular weight excluding hydrogens is 342 g/mol. The van der Waals surface area contributed by atoms with Gasteiger partial charge >= 0.3 is 0 Å². The lowest BCUT2D eigenvalue weighted by molar-refractivity contribution is -0.114. The molecule has 0 aliphatic carbocycles. The molecule has 0 aliphatic rings. The third-order valence-corrected chi connectivity index (χ3v) is 3.52. The molecule has 1 N–H and O–H groups in total. The maximum absolute atomic E-state index is 12.0. The summed E-state index contributed by atoms with van der Waals surface area (Å²) in [5, 5.41) is 10.9. The number of benzene rings is 2. The summed E-state index contributed by atoms with van der Waals surface area (Å²) in [4.78, 5) is 22.1. The van der Waals surface area contributed by atoms with Crippen molar-refractivity contribution in [1.29, 1.82) is 0 Å². The Labute approximate surface area is 151 Å². The van der Waals surface area contributed by atoms with Crippen LogP contribution in [-0.2, 0) is 21.1 Å². The van der Waals surface area contributed by atoms with E-state index in [1.54, 1.807) is 24.4 Å². The second-order valence-corrected chi connectivity index (χ2v) is 5.35. The maximum atomic E-state index is 12.0. The Morgan fingerprint density at radius 3 is 2.60 bits per heavy atom. The number of nitrogens with one attached hydrogen (secondary N) is 1. The second-order valence-electron chi connectivity index (χ2n) is 4.92. The highest BCUT2D eigenvalue weighted by Gasteiger charge is 2.17. The second kappa shape index (κ2) is 9.44. The number of nitrogens with zero attached hydrogens (tertiary/aromatic N) is 2. The van der Waals surface area contributed by atoms with E-state index in [-0.39, 0.29) is 18.2 Å². The van der Waals surface area contributed by atoms with Crippen molar-refractivity contribution < 1.29 is 14.5 Å². The number of carbonyl (C=O) groups is 1. The Bertz CT molecular complexity index is 773. The Balaban J connectivity index is 2.11. The smallest absolute Gasteiger partial charge is 0.273 e. The van der Waals surface area contributed by atoms with Crippen LogP contribution >= 0.6 is 11.6 Å². The monoisotopic (exact) mass is 359 g/mol. The number of oxime groups is 2. The SMILES string of the molecule is CNC(=O)/C(=N/OC)c1ccccc1CO/N=C\c1ccc(Cl)cc1. The number of rotatable bonds is 7. The molecule has 0 spiro atoms. The standard InChI is InChI=1S/C18H18ClN3O3/c1-20-18(23)17(22-24-2)16-6-4-3-5-14(16)12-25-21-11-13-7-9-15(19)10-8-13/h3-11H,12H2,1-2H3,(H,20,23)/b21-11-,22-17+. The summed E-state index contributed by atoms with van der Waals surface area (Å²) in [6.07, 6.45) is 1.59. The highest BCUT2D eigenvalue weighted by atomic mass is 35.5. The summed E-state index contributed by atoms with van der Waals surface area (Å²) in [5.41, 5.74) is 2.41. The summed E-state index contributed by atoms with van der Waals surface area (Å²) in [6.45, 7) is 0.181. The molecule has 2 aromatic rings. The summed E-state index contributed by atoms with van der Waals surface area (Å²) in [5.74, 6) is -0.348. The highest BCUT2D eigenvalue weighted by Crippen LogP contribution is 2.13. The van der Waals surface area contributed by atoms with Crippen molar-refractivity contribution >= 4 is 29.4 Å². The summed E-state index contributed by atoms with van der Waals surface area (Å²) in [7, 11) is 2.92. The Hall–Kier alpha value is -2.86. The lowest BCUT2D eigenvalue weighted by Crippen LogP contribution is -2.29. The molecule has 25 heavy (non-hydrogen) atoms. The normalized spacial score (nSPS) is 11.4. The van der Waals surface area contributed by atoms with Crippen molar-refractivity contribution in [3.05, 3.63) is 70.2 Å². The molecule has 0 atom stereocenters. The van der Waals surface area contributed by atoms with Crippen molar-refractivity contribution in [2.45, 2.75) is 6.61 Å². The first-order chi connectivity index (χ1) is 12.2. The molecular formula is C18H18ClN3O3. The van der Waals surface area contributed by atoms with Crippen molar-refractivity contribution in [2.24, 2.45) is 10.3 Å². The predicted molar refractivity (Wildman–Crippen MR) is 97.9 cm³/mol. The number of hydrogen-bond acceptors (Lipinski definition) is 5. The van der Waals surface area contributed by atoms with E-state index < -0.39 is 0 Å². The zero-order valence-corrected chi connectivity index (χ0v) is 14.7. The first-order valence-corrected chi connectivity index (χ1v) is 7.86. The molecule has 0 saturated heterocycles. The minimum Gasteiger partial charge on any atom is -0.398 e. The molecule has 130 valence electrons. The lowest BCUT2D eigenvalue weighted by atomic mass is 10.0. The Morgan fingerprint density at radius 1 is 1.20 bits per heavy atom. The zero-order chi connectivity index (χ0) is 18.1. The number of hydrogen-bond donors (Lipinski definition) is 1. The van der Waals surface area contributed by atoms with E-state index in [4.69, 9.17) is 21.3 Å². The van der Waals surface area contributed by atoms with E-state index in [0.717, 1.165) is 11.1 Å². The fourth-order valence-electron chi connectivity index (χ4n) is 2.05. The van der Waals surface area contributed by atoms with Crippen LogP contribution in [0.4, 0.5) is 0 Å². The topological polar surface area (TPSA) is 72.3 Å². The molecule has 0 bridgehead atoms. The molecule has 0 aromatic heterocycles. The predicted octanol–water partition coefficient (Wildman–Crippen LogP) is 2.99. The van der Waals surface area contributed by atoms with Crippen molar-refractivity contribution in [1.82, 2.24) is 5.32 Å². The molecule has 0 fully saturated rings. The van der Waals surface area contributed by atoms with Gasteiger partial charge in [0, 0.05) is 23.2 Å². The van der Waals surface area contributed by atoms with E-state index >= 15 is 0 Å². The molecule has 0 aliphatic heterocycles. The van der Waals surface area contributed by atoms with E-state index in [0.29, 0.717) is 10.6 Å². The molecule has 2 rings (SSSR count). The van der Waals surface area contributed by atoms with Gasteiger partial charge in [0.05, 0.1) is 6.21 Å². The van der Waals surface area contributed by atoms with Crippen LogP contribution in [0.3, 0.4) is 0 Å². The van der Waals surface area contributed by atoms with E-state index in [2.05, 4.69) is 15.6 Å². The minimum absolute atomic E-state index is 0.172. The van der Waals surface area contributed by atoms with Gasteiger partial charge in [-0.25, -0.2) is 0 Å². The first kappa shape index (κ1) is 18.5. The van der Waals surface area contributed by atoms with E-state index in [1.807, 2.05) is 30.3 Å². The van der Waals surface area contributed by atoms with Crippen molar-refractivity contribution in [3.8, 4) is 0 Å². The number of amides is 1. The van der Waals surface area contributed by atoms with Crippen LogP contribution in [0.5, 0.6) is 0 Å². The van der Waals surface area contributed by atoms with Gasteiger partial charge in [0.15, 0.2) is 5.71 Å². The largest absolute Gasteiger partial charge is 0.398 e. The van der Waals surface area contributed by atoms with Crippen LogP contribution < -0.4 is 5.32 Å². The summed E-state index contributed by atoms with van der Waals surface area (Å²) in [6, 6.07) is 14.5.